The molecule has 0 atom stereocenters. The highest BCUT2D eigenvalue weighted by Crippen LogP contribution is 2.29. The van der Waals surface area contributed by atoms with Crippen molar-refractivity contribution in [1.29, 1.82) is 0 Å². The Bertz CT molecular complexity index is 1070. The Morgan fingerprint density at radius 3 is 0.893 bits per heavy atom. The molecule has 136 valence electrons. The number of benzene rings is 1. The quantitative estimate of drug-likeness (QED) is 0.307. The van der Waals surface area contributed by atoms with E-state index in [9.17, 15) is 0 Å². The predicted octanol–water partition coefficient (Wildman–Crippen LogP) is 6.43. The number of rotatable bonds is 4. The molecule has 0 fully saturated rings. The standard InChI is InChI=1S/C24H16S4/c1-5-19(25-13-1)23(20-6-2-14-26-20)17-9-11-18(12-10-17)24(21-7-3-15-27-21)22-8-4-16-28-22/h1-16H. The van der Waals surface area contributed by atoms with Gasteiger partial charge in [-0.05, 0) is 56.2 Å². The van der Waals surface area contributed by atoms with Gasteiger partial charge in [0.05, 0.1) is 0 Å². The lowest BCUT2D eigenvalue weighted by molar-refractivity contribution is 1.50. The third-order valence-electron chi connectivity index (χ3n) is 4.53. The van der Waals surface area contributed by atoms with Crippen LogP contribution in [-0.2, 0) is 0 Å². The molecule has 4 aromatic heterocycles. The van der Waals surface area contributed by atoms with E-state index in [0.717, 1.165) is 0 Å². The summed E-state index contributed by atoms with van der Waals surface area (Å²) in [5.74, 6) is 0. The average molecular weight is 433 g/mol. The monoisotopic (exact) mass is 432 g/mol. The van der Waals surface area contributed by atoms with Crippen LogP contribution in [0, 0.1) is 0 Å². The van der Waals surface area contributed by atoms with E-state index in [1.54, 1.807) is 45.3 Å². The summed E-state index contributed by atoms with van der Waals surface area (Å²) in [5.41, 5.74) is 2.65. The predicted molar refractivity (Wildman–Crippen MR) is 126 cm³/mol. The number of thiophene rings is 4. The van der Waals surface area contributed by atoms with Crippen molar-refractivity contribution in [2.24, 2.45) is 0 Å². The Kier molecular flexibility index (Phi) is 5.10. The Balaban J connectivity index is 1.75. The van der Waals surface area contributed by atoms with Crippen LogP contribution in [0.2, 0.25) is 0 Å². The van der Waals surface area contributed by atoms with Crippen molar-refractivity contribution < 1.29 is 0 Å². The fourth-order valence-corrected chi connectivity index (χ4v) is 6.65. The van der Waals surface area contributed by atoms with Crippen LogP contribution in [0.25, 0.3) is 11.1 Å². The van der Waals surface area contributed by atoms with Gasteiger partial charge in [-0.2, -0.15) is 0 Å². The molecule has 0 bridgehead atoms. The zero-order valence-electron chi connectivity index (χ0n) is 14.9. The van der Waals surface area contributed by atoms with Gasteiger partial charge >= 0.3 is 0 Å². The first-order valence-corrected chi connectivity index (χ1v) is 12.4. The highest BCUT2D eigenvalue weighted by Gasteiger charge is 2.10. The van der Waals surface area contributed by atoms with Gasteiger partial charge in [-0.25, -0.2) is 0 Å². The summed E-state index contributed by atoms with van der Waals surface area (Å²) in [6.07, 6.45) is 0. The van der Waals surface area contributed by atoms with E-state index in [4.69, 9.17) is 0 Å². The molecule has 0 radical (unpaired) electrons. The Labute approximate surface area is 180 Å². The van der Waals surface area contributed by atoms with Crippen LogP contribution in [0.15, 0.2) is 94.3 Å². The molecule has 0 aliphatic rings. The highest BCUT2D eigenvalue weighted by atomic mass is 32.1. The smallest absolute Gasteiger partial charge is 0.0362 e. The second-order valence-corrected chi connectivity index (χ2v) is 10.0. The molecule has 0 saturated heterocycles. The van der Waals surface area contributed by atoms with E-state index in [1.807, 2.05) is 0 Å². The van der Waals surface area contributed by atoms with E-state index in [0.29, 0.717) is 0 Å². The molecule has 28 heavy (non-hydrogen) atoms. The molecule has 0 amide bonds. The highest BCUT2D eigenvalue weighted by molar-refractivity contribution is 7.14. The molecule has 0 saturated carbocycles. The third kappa shape index (κ3) is 3.45. The maximum Gasteiger partial charge on any atom is 0.0362 e. The maximum atomic E-state index is 2.27. The number of hydrogen-bond donors (Lipinski definition) is 0. The topological polar surface area (TPSA) is 0 Å². The summed E-state index contributed by atoms with van der Waals surface area (Å²) in [4.78, 5) is 5.26. The summed E-state index contributed by atoms with van der Waals surface area (Å²) in [7, 11) is 0. The first-order valence-electron chi connectivity index (χ1n) is 8.90. The van der Waals surface area contributed by atoms with Crippen molar-refractivity contribution in [3.63, 3.8) is 0 Å². The van der Waals surface area contributed by atoms with Gasteiger partial charge in [0.1, 0.15) is 0 Å². The fraction of sp³-hybridized carbons (Fsp3) is 0. The SMILES string of the molecule is c1csc(C(c2cccs2)=c2ccc(=C(c3cccs3)c3cccs3)cc2)c1. The number of hydrogen-bond acceptors (Lipinski definition) is 4. The maximum absolute atomic E-state index is 2.27. The second kappa shape index (κ2) is 8.02. The first-order chi connectivity index (χ1) is 13.9. The molecule has 0 nitrogen and oxygen atoms in total. The molecule has 5 rings (SSSR count). The minimum absolute atomic E-state index is 1.27. The van der Waals surface area contributed by atoms with E-state index in [-0.39, 0.29) is 0 Å². The van der Waals surface area contributed by atoms with Crippen LogP contribution in [0.1, 0.15) is 19.5 Å². The lowest BCUT2D eigenvalue weighted by Crippen LogP contribution is -2.13. The minimum atomic E-state index is 1.27. The Morgan fingerprint density at radius 2 is 0.679 bits per heavy atom. The van der Waals surface area contributed by atoms with Gasteiger partial charge in [-0.15, -0.1) is 45.3 Å². The fourth-order valence-electron chi connectivity index (χ4n) is 3.30. The molecular weight excluding hydrogens is 417 g/mol. The van der Waals surface area contributed by atoms with Gasteiger partial charge in [0, 0.05) is 30.7 Å². The van der Waals surface area contributed by atoms with Gasteiger partial charge in [-0.1, -0.05) is 48.5 Å². The minimum Gasteiger partial charge on any atom is -0.144 e. The van der Waals surface area contributed by atoms with Crippen molar-refractivity contribution >= 4 is 56.5 Å². The molecule has 1 aromatic carbocycles. The first kappa shape index (κ1) is 17.8. The second-order valence-electron chi connectivity index (χ2n) is 6.24. The van der Waals surface area contributed by atoms with Gasteiger partial charge in [0.15, 0.2) is 0 Å². The van der Waals surface area contributed by atoms with Crippen LogP contribution in [-0.4, -0.2) is 0 Å². The summed E-state index contributed by atoms with van der Waals surface area (Å²) in [6.45, 7) is 0. The lowest BCUT2D eigenvalue weighted by atomic mass is 10.1. The van der Waals surface area contributed by atoms with Crippen LogP contribution < -0.4 is 10.4 Å². The summed E-state index contributed by atoms with van der Waals surface area (Å²) >= 11 is 7.19. The van der Waals surface area contributed by atoms with Crippen molar-refractivity contribution in [3.8, 4) is 0 Å². The van der Waals surface area contributed by atoms with E-state index >= 15 is 0 Å². The zero-order chi connectivity index (χ0) is 18.8. The van der Waals surface area contributed by atoms with E-state index < -0.39 is 0 Å². The van der Waals surface area contributed by atoms with Crippen molar-refractivity contribution in [1.82, 2.24) is 0 Å². The van der Waals surface area contributed by atoms with Gasteiger partial charge in [0.25, 0.3) is 0 Å². The Morgan fingerprint density at radius 1 is 0.393 bits per heavy atom. The largest absolute Gasteiger partial charge is 0.144 e. The molecule has 0 spiro atoms. The molecule has 5 aromatic rings. The molecule has 0 N–H and O–H groups in total. The molecule has 0 aliphatic heterocycles. The van der Waals surface area contributed by atoms with Crippen LogP contribution in [0.3, 0.4) is 0 Å². The van der Waals surface area contributed by atoms with Gasteiger partial charge in [0.2, 0.25) is 0 Å². The average Bonchev–Trinajstić information content (AvgIpc) is 3.52. The molecule has 0 aliphatic carbocycles. The van der Waals surface area contributed by atoms with E-state index in [1.165, 1.54) is 41.1 Å². The van der Waals surface area contributed by atoms with E-state index in [2.05, 4.69) is 94.3 Å². The molecule has 4 heterocycles. The molecular formula is C24H16S4. The van der Waals surface area contributed by atoms with Crippen molar-refractivity contribution in [3.05, 3.63) is 124 Å². The van der Waals surface area contributed by atoms with Crippen LogP contribution in [0.4, 0.5) is 0 Å². The van der Waals surface area contributed by atoms with Crippen molar-refractivity contribution in [2.45, 2.75) is 0 Å². The summed E-state index contributed by atoms with van der Waals surface area (Å²) < 4.78 is 0. The Hall–Kier alpha value is -2.24. The summed E-state index contributed by atoms with van der Waals surface area (Å²) in [6, 6.07) is 26.4. The normalized spacial score (nSPS) is 10.9. The third-order valence-corrected chi connectivity index (χ3v) is 8.08. The lowest BCUT2D eigenvalue weighted by Gasteiger charge is -2.05. The zero-order valence-corrected chi connectivity index (χ0v) is 18.1. The molecule has 4 heteroatoms. The van der Waals surface area contributed by atoms with Crippen molar-refractivity contribution in [2.75, 3.05) is 0 Å². The summed E-state index contributed by atoms with van der Waals surface area (Å²) in [5, 5.41) is 11.1. The van der Waals surface area contributed by atoms with Gasteiger partial charge in [-0.3, -0.25) is 0 Å². The van der Waals surface area contributed by atoms with Crippen LogP contribution >= 0.6 is 45.3 Å². The van der Waals surface area contributed by atoms with Gasteiger partial charge < -0.3 is 0 Å². The molecule has 0 unspecified atom stereocenters. The van der Waals surface area contributed by atoms with Crippen LogP contribution in [0.5, 0.6) is 0 Å².